The molecule has 172 valence electrons. The van der Waals surface area contributed by atoms with E-state index in [4.69, 9.17) is 0 Å². The molecule has 2 amide bonds. The summed E-state index contributed by atoms with van der Waals surface area (Å²) in [6.07, 6.45) is 3.19. The van der Waals surface area contributed by atoms with Crippen LogP contribution in [0, 0.1) is 5.92 Å². The van der Waals surface area contributed by atoms with Crippen LogP contribution in [0.2, 0.25) is 0 Å². The first-order valence-corrected chi connectivity index (χ1v) is 13.0. The van der Waals surface area contributed by atoms with Crippen molar-refractivity contribution in [2.24, 2.45) is 5.92 Å². The van der Waals surface area contributed by atoms with Gasteiger partial charge in [-0.25, -0.2) is 8.42 Å². The molecule has 2 aromatic rings. The van der Waals surface area contributed by atoms with Gasteiger partial charge in [-0.05, 0) is 55.5 Å². The average Bonchev–Trinajstić information content (AvgIpc) is 2.81. The van der Waals surface area contributed by atoms with E-state index in [-0.39, 0.29) is 34.4 Å². The van der Waals surface area contributed by atoms with E-state index in [9.17, 15) is 18.0 Å². The van der Waals surface area contributed by atoms with Crippen LogP contribution in [0.1, 0.15) is 55.5 Å². The predicted molar refractivity (Wildman–Crippen MR) is 125 cm³/mol. The molecule has 0 saturated carbocycles. The number of nitrogens with one attached hydrogen (secondary N) is 1. The number of hydrogen-bond donors (Lipinski definition) is 1. The summed E-state index contributed by atoms with van der Waals surface area (Å²) in [7, 11) is -3.42. The second-order valence-corrected chi connectivity index (χ2v) is 10.3. The Bertz CT molecular complexity index is 1010. The molecule has 1 aliphatic rings. The highest BCUT2D eigenvalue weighted by atomic mass is 32.2. The monoisotopic (exact) mass is 456 g/mol. The number of benzene rings is 2. The van der Waals surface area contributed by atoms with Gasteiger partial charge in [0, 0.05) is 30.6 Å². The minimum absolute atomic E-state index is 0.0337. The van der Waals surface area contributed by atoms with Crippen LogP contribution < -0.4 is 5.32 Å². The van der Waals surface area contributed by atoms with Gasteiger partial charge in [-0.15, -0.1) is 0 Å². The van der Waals surface area contributed by atoms with E-state index in [1.54, 1.807) is 54.6 Å². The molecule has 6 nitrogen and oxygen atoms in total. The molecule has 32 heavy (non-hydrogen) atoms. The first-order valence-electron chi connectivity index (χ1n) is 11.3. The van der Waals surface area contributed by atoms with Crippen molar-refractivity contribution in [3.05, 3.63) is 65.7 Å². The standard InChI is InChI=1S/C25H32N2O4S/c1-3-20(4-2)25(29)27-16-14-22(15-17-27)26-24(28)21-12-10-19(11-13-21)18-32(30,31)23-8-6-5-7-9-23/h5-13,20,22H,3-4,14-18H2,1-2H3,(H,26,28). The maximum Gasteiger partial charge on any atom is 0.251 e. The number of sulfone groups is 1. The lowest BCUT2D eigenvalue weighted by Crippen LogP contribution is -2.48. The molecule has 2 aromatic carbocycles. The summed E-state index contributed by atoms with van der Waals surface area (Å²) < 4.78 is 25.1. The largest absolute Gasteiger partial charge is 0.349 e. The van der Waals surface area contributed by atoms with Gasteiger partial charge in [-0.2, -0.15) is 0 Å². The van der Waals surface area contributed by atoms with Gasteiger partial charge in [0.15, 0.2) is 9.84 Å². The van der Waals surface area contributed by atoms with Crippen molar-refractivity contribution in [2.75, 3.05) is 13.1 Å². The minimum atomic E-state index is -3.42. The first kappa shape index (κ1) is 24.0. The van der Waals surface area contributed by atoms with Crippen molar-refractivity contribution in [2.45, 2.75) is 56.2 Å². The van der Waals surface area contributed by atoms with Crippen molar-refractivity contribution >= 4 is 21.7 Å². The molecule has 0 atom stereocenters. The van der Waals surface area contributed by atoms with Crippen LogP contribution in [0.5, 0.6) is 0 Å². The van der Waals surface area contributed by atoms with E-state index >= 15 is 0 Å². The van der Waals surface area contributed by atoms with E-state index in [2.05, 4.69) is 5.32 Å². The molecule has 0 spiro atoms. The van der Waals surface area contributed by atoms with E-state index in [0.717, 1.165) is 25.7 Å². The van der Waals surface area contributed by atoms with Crippen molar-refractivity contribution in [3.63, 3.8) is 0 Å². The first-order chi connectivity index (χ1) is 15.3. The third-order valence-electron chi connectivity index (χ3n) is 6.15. The summed E-state index contributed by atoms with van der Waals surface area (Å²) in [5.41, 5.74) is 1.14. The van der Waals surface area contributed by atoms with Gasteiger partial charge in [-0.1, -0.05) is 44.2 Å². The third kappa shape index (κ3) is 5.97. The van der Waals surface area contributed by atoms with Gasteiger partial charge in [0.1, 0.15) is 0 Å². The van der Waals surface area contributed by atoms with Gasteiger partial charge in [-0.3, -0.25) is 9.59 Å². The van der Waals surface area contributed by atoms with Gasteiger partial charge in [0.25, 0.3) is 5.91 Å². The number of hydrogen-bond acceptors (Lipinski definition) is 4. The smallest absolute Gasteiger partial charge is 0.251 e. The van der Waals surface area contributed by atoms with Crippen LogP contribution >= 0.6 is 0 Å². The Morgan fingerprint density at radius 3 is 2.12 bits per heavy atom. The van der Waals surface area contributed by atoms with Gasteiger partial charge in [0.05, 0.1) is 10.6 Å². The molecule has 3 rings (SSSR count). The zero-order chi connectivity index (χ0) is 23.1. The summed E-state index contributed by atoms with van der Waals surface area (Å²) in [5, 5.41) is 3.05. The molecule has 0 aromatic heterocycles. The van der Waals surface area contributed by atoms with Crippen LogP contribution in [0.15, 0.2) is 59.5 Å². The number of carbonyl (C=O) groups is 2. The highest BCUT2D eigenvalue weighted by molar-refractivity contribution is 7.90. The molecule has 0 radical (unpaired) electrons. The molecule has 1 N–H and O–H groups in total. The number of likely N-dealkylation sites (tertiary alicyclic amines) is 1. The van der Waals surface area contributed by atoms with Gasteiger partial charge >= 0.3 is 0 Å². The van der Waals surface area contributed by atoms with Crippen LogP contribution in [0.3, 0.4) is 0 Å². The van der Waals surface area contributed by atoms with E-state index in [1.165, 1.54) is 0 Å². The fourth-order valence-electron chi connectivity index (χ4n) is 4.09. The summed E-state index contributed by atoms with van der Waals surface area (Å²) in [6, 6.07) is 15.1. The van der Waals surface area contributed by atoms with Crippen LogP contribution in [-0.4, -0.2) is 44.3 Å². The Balaban J connectivity index is 1.53. The minimum Gasteiger partial charge on any atom is -0.349 e. The molecule has 1 aliphatic heterocycles. The molecular formula is C25H32N2O4S. The van der Waals surface area contributed by atoms with E-state index in [1.807, 2.05) is 18.7 Å². The second kappa shape index (κ2) is 10.8. The fourth-order valence-corrected chi connectivity index (χ4v) is 5.46. The number of piperidine rings is 1. The second-order valence-electron chi connectivity index (χ2n) is 8.36. The number of amides is 2. The maximum atomic E-state index is 12.6. The Hall–Kier alpha value is -2.67. The lowest BCUT2D eigenvalue weighted by molar-refractivity contribution is -0.136. The fraction of sp³-hybridized carbons (Fsp3) is 0.440. The molecule has 7 heteroatoms. The Kier molecular flexibility index (Phi) is 8.07. The number of nitrogens with zero attached hydrogens (tertiary/aromatic N) is 1. The Morgan fingerprint density at radius 2 is 1.56 bits per heavy atom. The van der Waals surface area contributed by atoms with Crippen molar-refractivity contribution in [1.29, 1.82) is 0 Å². The zero-order valence-corrected chi connectivity index (χ0v) is 19.6. The molecule has 0 bridgehead atoms. The molecular weight excluding hydrogens is 424 g/mol. The van der Waals surface area contributed by atoms with Gasteiger partial charge in [0.2, 0.25) is 5.91 Å². The molecule has 0 unspecified atom stereocenters. The average molecular weight is 457 g/mol. The zero-order valence-electron chi connectivity index (χ0n) is 18.8. The van der Waals surface area contributed by atoms with E-state index < -0.39 is 9.84 Å². The summed E-state index contributed by atoms with van der Waals surface area (Å²) >= 11 is 0. The van der Waals surface area contributed by atoms with Crippen LogP contribution in [-0.2, 0) is 20.4 Å². The molecule has 0 aliphatic carbocycles. The predicted octanol–water partition coefficient (Wildman–Crippen LogP) is 3.82. The van der Waals surface area contributed by atoms with Crippen molar-refractivity contribution in [3.8, 4) is 0 Å². The van der Waals surface area contributed by atoms with Crippen LogP contribution in [0.25, 0.3) is 0 Å². The highest BCUT2D eigenvalue weighted by Crippen LogP contribution is 2.19. The van der Waals surface area contributed by atoms with Gasteiger partial charge < -0.3 is 10.2 Å². The summed E-state index contributed by atoms with van der Waals surface area (Å²) in [6.45, 7) is 5.41. The Morgan fingerprint density at radius 1 is 0.969 bits per heavy atom. The topological polar surface area (TPSA) is 83.6 Å². The summed E-state index contributed by atoms with van der Waals surface area (Å²) in [5.74, 6) is 0.0282. The van der Waals surface area contributed by atoms with Crippen molar-refractivity contribution < 1.29 is 18.0 Å². The Labute approximate surface area is 190 Å². The van der Waals surface area contributed by atoms with E-state index in [0.29, 0.717) is 24.2 Å². The third-order valence-corrected chi connectivity index (χ3v) is 7.86. The normalized spacial score (nSPS) is 15.0. The number of rotatable bonds is 8. The van der Waals surface area contributed by atoms with Crippen molar-refractivity contribution in [1.82, 2.24) is 10.2 Å². The lowest BCUT2D eigenvalue weighted by Gasteiger charge is -2.34. The highest BCUT2D eigenvalue weighted by Gasteiger charge is 2.27. The quantitative estimate of drug-likeness (QED) is 0.655. The molecule has 1 fully saturated rings. The SMILES string of the molecule is CCC(CC)C(=O)N1CCC(NC(=O)c2ccc(CS(=O)(=O)c3ccccc3)cc2)CC1. The summed E-state index contributed by atoms with van der Waals surface area (Å²) in [4.78, 5) is 27.4. The maximum absolute atomic E-state index is 12.6. The molecule has 1 saturated heterocycles. The van der Waals surface area contributed by atoms with Crippen LogP contribution in [0.4, 0.5) is 0 Å². The lowest BCUT2D eigenvalue weighted by atomic mass is 9.98. The molecule has 1 heterocycles. The number of carbonyl (C=O) groups excluding carboxylic acids is 2.